The van der Waals surface area contributed by atoms with E-state index < -0.39 is 10.0 Å². The van der Waals surface area contributed by atoms with Crippen LogP contribution in [0.15, 0.2) is 52.0 Å². The lowest BCUT2D eigenvalue weighted by atomic mass is 10.2. The second-order valence-corrected chi connectivity index (χ2v) is 10.0. The van der Waals surface area contributed by atoms with Gasteiger partial charge in [-0.2, -0.15) is 4.31 Å². The van der Waals surface area contributed by atoms with Gasteiger partial charge < -0.3 is 14.2 Å². The molecule has 2 aliphatic heterocycles. The molecule has 0 atom stereocenters. The molecule has 0 unspecified atom stereocenters. The molecule has 32 heavy (non-hydrogen) atoms. The van der Waals surface area contributed by atoms with Gasteiger partial charge in [0.05, 0.1) is 4.90 Å². The zero-order valence-electron chi connectivity index (χ0n) is 18.0. The fourth-order valence-corrected chi connectivity index (χ4v) is 5.62. The largest absolute Gasteiger partial charge is 0.449 e. The summed E-state index contributed by atoms with van der Waals surface area (Å²) in [5.41, 5.74) is 1.51. The van der Waals surface area contributed by atoms with Crippen molar-refractivity contribution < 1.29 is 12.8 Å². The molecule has 0 bridgehead atoms. The molecule has 0 N–H and O–H groups in total. The normalized spacial score (nSPS) is 17.8. The number of aromatic nitrogens is 3. The maximum Gasteiger partial charge on any atom is 0.243 e. The highest BCUT2D eigenvalue weighted by Crippen LogP contribution is 2.25. The highest BCUT2D eigenvalue weighted by molar-refractivity contribution is 7.89. The van der Waals surface area contributed by atoms with Crippen LogP contribution in [0.1, 0.15) is 18.7 Å². The number of sulfonamides is 1. The third-order valence-electron chi connectivity index (χ3n) is 6.04. The molecule has 0 radical (unpaired) electrons. The Hall–Kier alpha value is -2.98. The van der Waals surface area contributed by atoms with Crippen molar-refractivity contribution in [3.8, 4) is 11.3 Å². The van der Waals surface area contributed by atoms with Crippen molar-refractivity contribution in [1.82, 2.24) is 19.5 Å². The summed E-state index contributed by atoms with van der Waals surface area (Å²) in [6.07, 6.45) is 3.96. The van der Waals surface area contributed by atoms with Crippen molar-refractivity contribution in [3.05, 3.63) is 48.6 Å². The number of nitrogens with zero attached hydrogens (tertiary/aromatic N) is 6. The number of benzene rings is 1. The second kappa shape index (κ2) is 8.51. The number of hydrogen-bond donors (Lipinski definition) is 0. The lowest BCUT2D eigenvalue weighted by molar-refractivity contribution is 0.383. The van der Waals surface area contributed by atoms with Crippen LogP contribution in [0.2, 0.25) is 0 Å². The molecule has 10 heteroatoms. The summed E-state index contributed by atoms with van der Waals surface area (Å²) in [5.74, 6) is 2.28. The lowest BCUT2D eigenvalue weighted by Crippen LogP contribution is -2.49. The molecule has 0 aliphatic carbocycles. The summed E-state index contributed by atoms with van der Waals surface area (Å²) in [7, 11) is -3.56. The van der Waals surface area contributed by atoms with E-state index in [4.69, 9.17) is 4.42 Å². The first-order valence-electron chi connectivity index (χ1n) is 10.9. The number of hydrogen-bond acceptors (Lipinski definition) is 8. The van der Waals surface area contributed by atoms with E-state index in [1.165, 1.54) is 17.1 Å². The maximum atomic E-state index is 13.1. The monoisotopic (exact) mass is 454 g/mol. The van der Waals surface area contributed by atoms with E-state index in [1.54, 1.807) is 37.5 Å². The minimum Gasteiger partial charge on any atom is -0.449 e. The minimum absolute atomic E-state index is 0.282. The van der Waals surface area contributed by atoms with Crippen molar-refractivity contribution in [1.29, 1.82) is 0 Å². The maximum absolute atomic E-state index is 13.1. The van der Waals surface area contributed by atoms with Gasteiger partial charge in [0.2, 0.25) is 10.0 Å². The Kier molecular flexibility index (Phi) is 5.56. The van der Waals surface area contributed by atoms with Crippen molar-refractivity contribution in [2.75, 3.05) is 49.1 Å². The van der Waals surface area contributed by atoms with Gasteiger partial charge in [-0.05, 0) is 37.1 Å². The molecule has 0 saturated carbocycles. The highest BCUT2D eigenvalue weighted by Gasteiger charge is 2.29. The van der Waals surface area contributed by atoms with E-state index in [9.17, 15) is 8.42 Å². The van der Waals surface area contributed by atoms with E-state index in [0.29, 0.717) is 37.8 Å². The molecular formula is C22H26N6O3S. The fraction of sp³-hybridized carbons (Fsp3) is 0.409. The Bertz CT molecular complexity index is 1160. The quantitative estimate of drug-likeness (QED) is 0.580. The predicted octanol–water partition coefficient (Wildman–Crippen LogP) is 2.55. The first-order valence-corrected chi connectivity index (χ1v) is 12.3. The summed E-state index contributed by atoms with van der Waals surface area (Å²) in [5, 5.41) is 8.76. The number of aryl methyl sites for hydroxylation is 1. The van der Waals surface area contributed by atoms with Gasteiger partial charge in [-0.25, -0.2) is 13.4 Å². The lowest BCUT2D eigenvalue weighted by Gasteiger charge is -2.34. The van der Waals surface area contributed by atoms with Crippen molar-refractivity contribution in [2.24, 2.45) is 0 Å². The van der Waals surface area contributed by atoms with Crippen LogP contribution in [-0.4, -0.2) is 67.2 Å². The van der Waals surface area contributed by atoms with Gasteiger partial charge >= 0.3 is 0 Å². The summed E-state index contributed by atoms with van der Waals surface area (Å²) in [4.78, 5) is 8.90. The number of rotatable bonds is 5. The SMILES string of the molecule is Cc1nc(-c2ccc(S(=O)(=O)N3CCN(c4ccc(N5CCCC5)nn4)CC3)cc2)co1. The highest BCUT2D eigenvalue weighted by atomic mass is 32.2. The van der Waals surface area contributed by atoms with Crippen LogP contribution >= 0.6 is 0 Å². The molecule has 4 heterocycles. The smallest absolute Gasteiger partial charge is 0.243 e. The van der Waals surface area contributed by atoms with E-state index in [0.717, 1.165) is 30.3 Å². The summed E-state index contributed by atoms with van der Waals surface area (Å²) >= 11 is 0. The second-order valence-electron chi connectivity index (χ2n) is 8.11. The minimum atomic E-state index is -3.56. The van der Waals surface area contributed by atoms with Crippen molar-refractivity contribution in [2.45, 2.75) is 24.7 Å². The van der Waals surface area contributed by atoms with Gasteiger partial charge in [0.25, 0.3) is 0 Å². The number of piperazine rings is 1. The van der Waals surface area contributed by atoms with Crippen LogP contribution in [-0.2, 0) is 10.0 Å². The fourth-order valence-electron chi connectivity index (χ4n) is 4.20. The van der Waals surface area contributed by atoms with E-state index >= 15 is 0 Å². The summed E-state index contributed by atoms with van der Waals surface area (Å²) in [6, 6.07) is 10.8. The topological polar surface area (TPSA) is 95.7 Å². The molecule has 0 amide bonds. The van der Waals surface area contributed by atoms with Crippen LogP contribution in [0, 0.1) is 6.92 Å². The Morgan fingerprint density at radius 2 is 1.41 bits per heavy atom. The van der Waals surface area contributed by atoms with E-state index in [1.807, 2.05) is 12.1 Å². The molecule has 5 rings (SSSR count). The van der Waals surface area contributed by atoms with Gasteiger partial charge in [-0.15, -0.1) is 10.2 Å². The Morgan fingerprint density at radius 1 is 0.812 bits per heavy atom. The molecule has 0 spiro atoms. The molecule has 2 aliphatic rings. The average Bonchev–Trinajstić information content (AvgIpc) is 3.52. The summed E-state index contributed by atoms with van der Waals surface area (Å²) in [6.45, 7) is 5.80. The summed E-state index contributed by atoms with van der Waals surface area (Å²) < 4.78 is 33.0. The molecule has 2 aromatic heterocycles. The Labute approximate surface area is 187 Å². The molecule has 1 aromatic carbocycles. The van der Waals surface area contributed by atoms with Crippen LogP contribution in [0.5, 0.6) is 0 Å². The van der Waals surface area contributed by atoms with Gasteiger partial charge in [-0.1, -0.05) is 12.1 Å². The van der Waals surface area contributed by atoms with Gasteiger partial charge in [-0.3, -0.25) is 0 Å². The number of anilines is 2. The van der Waals surface area contributed by atoms with Gasteiger partial charge in [0, 0.05) is 51.8 Å². The molecular weight excluding hydrogens is 428 g/mol. The van der Waals surface area contributed by atoms with E-state index in [2.05, 4.69) is 25.0 Å². The molecule has 168 valence electrons. The van der Waals surface area contributed by atoms with Crippen LogP contribution in [0.3, 0.4) is 0 Å². The van der Waals surface area contributed by atoms with Crippen molar-refractivity contribution in [3.63, 3.8) is 0 Å². The van der Waals surface area contributed by atoms with Crippen molar-refractivity contribution >= 4 is 21.7 Å². The Balaban J connectivity index is 1.23. The molecule has 2 saturated heterocycles. The average molecular weight is 455 g/mol. The Morgan fingerprint density at radius 3 is 1.94 bits per heavy atom. The van der Waals surface area contributed by atoms with Crippen LogP contribution in [0.25, 0.3) is 11.3 Å². The zero-order valence-corrected chi connectivity index (χ0v) is 18.8. The van der Waals surface area contributed by atoms with Gasteiger partial charge in [0.1, 0.15) is 12.0 Å². The predicted molar refractivity (Wildman–Crippen MR) is 121 cm³/mol. The van der Waals surface area contributed by atoms with E-state index in [-0.39, 0.29) is 4.90 Å². The first kappa shape index (κ1) is 20.9. The first-order chi connectivity index (χ1) is 15.5. The third kappa shape index (κ3) is 4.07. The van der Waals surface area contributed by atoms with Crippen LogP contribution in [0.4, 0.5) is 11.6 Å². The molecule has 9 nitrogen and oxygen atoms in total. The zero-order chi connectivity index (χ0) is 22.1. The third-order valence-corrected chi connectivity index (χ3v) is 7.95. The van der Waals surface area contributed by atoms with Gasteiger partial charge in [0.15, 0.2) is 17.5 Å². The number of oxazole rings is 1. The molecule has 3 aromatic rings. The standard InChI is InChI=1S/C22H26N6O3S/c1-17-23-20(16-31-17)18-4-6-19(7-5-18)32(29,30)28-14-12-27(13-15-28)22-9-8-21(24-25-22)26-10-2-3-11-26/h4-9,16H,2-3,10-15H2,1H3. The molecule has 2 fully saturated rings. The van der Waals surface area contributed by atoms with Crippen LogP contribution < -0.4 is 9.80 Å².